The molecule has 1 atom stereocenters. The number of nitrogens with one attached hydrogen (secondary N) is 2. The van der Waals surface area contributed by atoms with Crippen LogP contribution in [0.4, 0.5) is 11.4 Å². The molecule has 2 aromatic rings. The van der Waals surface area contributed by atoms with Crippen molar-refractivity contribution in [1.29, 1.82) is 0 Å². The molecule has 1 aliphatic carbocycles. The summed E-state index contributed by atoms with van der Waals surface area (Å²) in [5.74, 6) is -1.50. The Morgan fingerprint density at radius 1 is 1.22 bits per heavy atom. The van der Waals surface area contributed by atoms with Crippen LogP contribution in [-0.4, -0.2) is 32.7 Å². The van der Waals surface area contributed by atoms with Gasteiger partial charge in [-0.25, -0.2) is 0 Å². The summed E-state index contributed by atoms with van der Waals surface area (Å²) < 4.78 is 1.55. The number of aliphatic carboxylic acids is 1. The molecular formula is C19H22N4O4. The van der Waals surface area contributed by atoms with Gasteiger partial charge in [0.1, 0.15) is 6.04 Å². The van der Waals surface area contributed by atoms with E-state index in [-0.39, 0.29) is 18.2 Å². The number of hydrogen-bond acceptors (Lipinski definition) is 4. The standard InChI is InChI=1S/C19H22N4O4/c1-13(23-10-4-9-20-23)17(25)22-15-6-2-5-14(11-15)21-16(24)12-19(18(26)27)7-3-8-19/h2,4-6,9-11,13H,3,7-8,12H2,1H3,(H,21,24)(H,22,25)(H,26,27). The third kappa shape index (κ3) is 4.16. The van der Waals surface area contributed by atoms with Gasteiger partial charge in [0.25, 0.3) is 0 Å². The summed E-state index contributed by atoms with van der Waals surface area (Å²) in [5.41, 5.74) is 0.104. The molecule has 1 aromatic heterocycles. The second kappa shape index (κ2) is 7.61. The van der Waals surface area contributed by atoms with Gasteiger partial charge in [-0.3, -0.25) is 19.1 Å². The van der Waals surface area contributed by atoms with Gasteiger partial charge in [0.15, 0.2) is 0 Å². The van der Waals surface area contributed by atoms with Gasteiger partial charge in [0.2, 0.25) is 11.8 Å². The van der Waals surface area contributed by atoms with Crippen LogP contribution in [0.25, 0.3) is 0 Å². The molecule has 0 saturated heterocycles. The van der Waals surface area contributed by atoms with Crippen molar-refractivity contribution in [3.63, 3.8) is 0 Å². The first-order chi connectivity index (χ1) is 12.9. The lowest BCUT2D eigenvalue weighted by molar-refractivity contribution is -0.157. The van der Waals surface area contributed by atoms with Crippen LogP contribution in [0.5, 0.6) is 0 Å². The average molecular weight is 370 g/mol. The lowest BCUT2D eigenvalue weighted by atomic mass is 9.66. The van der Waals surface area contributed by atoms with Crippen LogP contribution >= 0.6 is 0 Å². The Morgan fingerprint density at radius 2 is 1.93 bits per heavy atom. The normalized spacial score (nSPS) is 16.0. The smallest absolute Gasteiger partial charge is 0.310 e. The molecule has 2 amide bonds. The summed E-state index contributed by atoms with van der Waals surface area (Å²) >= 11 is 0. The quantitative estimate of drug-likeness (QED) is 0.693. The highest BCUT2D eigenvalue weighted by Gasteiger charge is 2.45. The van der Waals surface area contributed by atoms with E-state index in [0.717, 1.165) is 6.42 Å². The summed E-state index contributed by atoms with van der Waals surface area (Å²) in [5, 5.41) is 18.9. The minimum absolute atomic E-state index is 0.0464. The van der Waals surface area contributed by atoms with Gasteiger partial charge >= 0.3 is 5.97 Å². The fourth-order valence-electron chi connectivity index (χ4n) is 3.13. The largest absolute Gasteiger partial charge is 0.481 e. The number of anilines is 2. The first-order valence-corrected chi connectivity index (χ1v) is 8.83. The molecule has 3 rings (SSSR count). The molecule has 142 valence electrons. The molecule has 0 radical (unpaired) electrons. The number of carbonyl (C=O) groups is 3. The molecule has 0 bridgehead atoms. The Labute approximate surface area is 156 Å². The predicted molar refractivity (Wildman–Crippen MR) is 99.2 cm³/mol. The van der Waals surface area contributed by atoms with Crippen molar-refractivity contribution < 1.29 is 19.5 Å². The van der Waals surface area contributed by atoms with Crippen molar-refractivity contribution in [3.8, 4) is 0 Å². The van der Waals surface area contributed by atoms with Gasteiger partial charge in [0.05, 0.1) is 5.41 Å². The number of rotatable bonds is 7. The van der Waals surface area contributed by atoms with Crippen molar-refractivity contribution in [1.82, 2.24) is 9.78 Å². The highest BCUT2D eigenvalue weighted by atomic mass is 16.4. The van der Waals surface area contributed by atoms with Crippen LogP contribution in [0.15, 0.2) is 42.7 Å². The Bertz CT molecular complexity index is 843. The number of carbonyl (C=O) groups excluding carboxylic acids is 2. The summed E-state index contributed by atoms with van der Waals surface area (Å²) in [6.45, 7) is 1.73. The first kappa shape index (κ1) is 18.6. The van der Waals surface area contributed by atoms with Crippen LogP contribution in [0.2, 0.25) is 0 Å². The van der Waals surface area contributed by atoms with Crippen molar-refractivity contribution >= 4 is 29.2 Å². The van der Waals surface area contributed by atoms with E-state index in [2.05, 4.69) is 15.7 Å². The van der Waals surface area contributed by atoms with E-state index in [1.54, 1.807) is 54.3 Å². The van der Waals surface area contributed by atoms with Gasteiger partial charge in [0, 0.05) is 30.2 Å². The van der Waals surface area contributed by atoms with E-state index >= 15 is 0 Å². The predicted octanol–water partition coefficient (Wildman–Crippen LogP) is 2.67. The summed E-state index contributed by atoms with van der Waals surface area (Å²) in [7, 11) is 0. The third-order valence-corrected chi connectivity index (χ3v) is 4.98. The van der Waals surface area contributed by atoms with Crippen LogP contribution < -0.4 is 10.6 Å². The van der Waals surface area contributed by atoms with Gasteiger partial charge < -0.3 is 15.7 Å². The minimum Gasteiger partial charge on any atom is -0.481 e. The molecule has 1 unspecified atom stereocenters. The maximum atomic E-state index is 12.3. The molecule has 1 aromatic carbocycles. The fraction of sp³-hybridized carbons (Fsp3) is 0.368. The number of hydrogen-bond donors (Lipinski definition) is 3. The van der Waals surface area contributed by atoms with Crippen molar-refractivity contribution in [2.75, 3.05) is 10.6 Å². The van der Waals surface area contributed by atoms with Gasteiger partial charge in [-0.1, -0.05) is 12.5 Å². The van der Waals surface area contributed by atoms with Crippen molar-refractivity contribution in [2.24, 2.45) is 5.41 Å². The number of amides is 2. The third-order valence-electron chi connectivity index (χ3n) is 4.98. The van der Waals surface area contributed by atoms with E-state index in [1.165, 1.54) is 0 Å². The summed E-state index contributed by atoms with van der Waals surface area (Å²) in [4.78, 5) is 36.0. The second-order valence-corrected chi connectivity index (χ2v) is 6.90. The number of aromatic nitrogens is 2. The fourth-order valence-corrected chi connectivity index (χ4v) is 3.13. The lowest BCUT2D eigenvalue weighted by Gasteiger charge is -2.36. The maximum absolute atomic E-state index is 12.3. The van der Waals surface area contributed by atoms with E-state index in [9.17, 15) is 19.5 Å². The van der Waals surface area contributed by atoms with E-state index in [0.29, 0.717) is 24.2 Å². The molecular weight excluding hydrogens is 348 g/mol. The molecule has 1 aliphatic rings. The number of nitrogens with zero attached hydrogens (tertiary/aromatic N) is 2. The van der Waals surface area contributed by atoms with Crippen molar-refractivity contribution in [3.05, 3.63) is 42.7 Å². The molecule has 1 fully saturated rings. The molecule has 3 N–H and O–H groups in total. The zero-order chi connectivity index (χ0) is 19.4. The highest BCUT2D eigenvalue weighted by molar-refractivity contribution is 5.97. The Kier molecular flexibility index (Phi) is 5.25. The Balaban J connectivity index is 1.61. The second-order valence-electron chi connectivity index (χ2n) is 6.90. The maximum Gasteiger partial charge on any atom is 0.310 e. The number of carboxylic acids is 1. The molecule has 8 nitrogen and oxygen atoms in total. The summed E-state index contributed by atoms with van der Waals surface area (Å²) in [6.07, 6.45) is 5.14. The van der Waals surface area contributed by atoms with Crippen molar-refractivity contribution in [2.45, 2.75) is 38.6 Å². The Morgan fingerprint density at radius 3 is 2.48 bits per heavy atom. The minimum atomic E-state index is -0.935. The number of carboxylic acid groups (broad SMARTS) is 1. The SMILES string of the molecule is CC(C(=O)Nc1cccc(NC(=O)CC2(C(=O)O)CCC2)c1)n1cccn1. The Hall–Kier alpha value is -3.16. The number of benzene rings is 1. The highest BCUT2D eigenvalue weighted by Crippen LogP contribution is 2.44. The zero-order valence-corrected chi connectivity index (χ0v) is 15.0. The van der Waals surface area contributed by atoms with Crippen LogP contribution in [-0.2, 0) is 14.4 Å². The van der Waals surface area contributed by atoms with E-state index in [4.69, 9.17) is 0 Å². The van der Waals surface area contributed by atoms with E-state index in [1.807, 2.05) is 0 Å². The van der Waals surface area contributed by atoms with E-state index < -0.39 is 17.4 Å². The molecule has 27 heavy (non-hydrogen) atoms. The zero-order valence-electron chi connectivity index (χ0n) is 15.0. The topological polar surface area (TPSA) is 113 Å². The van der Waals surface area contributed by atoms with Gasteiger partial charge in [-0.2, -0.15) is 5.10 Å². The van der Waals surface area contributed by atoms with Gasteiger partial charge in [-0.15, -0.1) is 0 Å². The molecule has 1 heterocycles. The molecule has 0 aliphatic heterocycles. The average Bonchev–Trinajstić information content (AvgIpc) is 3.12. The first-order valence-electron chi connectivity index (χ1n) is 8.83. The molecule has 1 saturated carbocycles. The summed E-state index contributed by atoms with van der Waals surface area (Å²) in [6, 6.07) is 8.02. The molecule has 0 spiro atoms. The van der Waals surface area contributed by atoms with Gasteiger partial charge in [-0.05, 0) is 44.0 Å². The van der Waals surface area contributed by atoms with Crippen LogP contribution in [0.1, 0.15) is 38.6 Å². The van der Waals surface area contributed by atoms with Crippen LogP contribution in [0.3, 0.4) is 0 Å². The monoisotopic (exact) mass is 370 g/mol. The molecule has 8 heteroatoms. The lowest BCUT2D eigenvalue weighted by Crippen LogP contribution is -2.41. The van der Waals surface area contributed by atoms with Crippen LogP contribution in [0, 0.1) is 5.41 Å².